The number of anilines is 2. The first kappa shape index (κ1) is 16.5. The van der Waals surface area contributed by atoms with Crippen LogP contribution in [0.5, 0.6) is 0 Å². The molecule has 4 nitrogen and oxygen atoms in total. The number of piperidine rings is 1. The lowest BCUT2D eigenvalue weighted by atomic mass is 10.1. The number of hydrogen-bond acceptors (Lipinski definition) is 5. The summed E-state index contributed by atoms with van der Waals surface area (Å²) in [5, 5.41) is 4.08. The zero-order chi connectivity index (χ0) is 17.2. The quantitative estimate of drug-likeness (QED) is 0.689. The van der Waals surface area contributed by atoms with Crippen LogP contribution in [0, 0.1) is 0 Å². The van der Waals surface area contributed by atoms with Gasteiger partial charge in [0.25, 0.3) is 5.91 Å². The highest BCUT2D eigenvalue weighted by Crippen LogP contribution is 2.35. The van der Waals surface area contributed by atoms with Gasteiger partial charge in [-0.1, -0.05) is 30.4 Å². The predicted molar refractivity (Wildman–Crippen MR) is 107 cm³/mol. The van der Waals surface area contributed by atoms with Crippen molar-refractivity contribution in [2.24, 2.45) is 0 Å². The molecule has 0 saturated carbocycles. The Labute approximate surface area is 155 Å². The van der Waals surface area contributed by atoms with E-state index in [1.807, 2.05) is 18.2 Å². The van der Waals surface area contributed by atoms with E-state index in [0.717, 1.165) is 44.7 Å². The number of fused-ring (bicyclic) bond motifs is 1. The summed E-state index contributed by atoms with van der Waals surface area (Å²) in [6, 6.07) is 9.99. The third kappa shape index (κ3) is 3.55. The molecule has 1 amide bonds. The number of rotatable bonds is 4. The maximum absolute atomic E-state index is 12.5. The minimum atomic E-state index is -0.0565. The molecule has 0 atom stereocenters. The van der Waals surface area contributed by atoms with Gasteiger partial charge in [-0.15, -0.1) is 11.3 Å². The molecule has 6 heteroatoms. The molecule has 25 heavy (non-hydrogen) atoms. The Balaban J connectivity index is 1.48. The maximum atomic E-state index is 12.5. The monoisotopic (exact) mass is 371 g/mol. The van der Waals surface area contributed by atoms with Gasteiger partial charge in [-0.05, 0) is 49.4 Å². The van der Waals surface area contributed by atoms with Gasteiger partial charge in [0.15, 0.2) is 5.13 Å². The van der Waals surface area contributed by atoms with Gasteiger partial charge < -0.3 is 10.2 Å². The van der Waals surface area contributed by atoms with E-state index in [-0.39, 0.29) is 5.91 Å². The SMILES string of the molecule is CCc1ccc(NC(=O)c2cc3sc(N4CCCCC4)nc3s2)cc1. The molecule has 130 valence electrons. The third-order valence-corrected chi connectivity index (χ3v) is 6.77. The molecule has 1 aliphatic heterocycles. The van der Waals surface area contributed by atoms with Gasteiger partial charge in [-0.3, -0.25) is 4.79 Å². The van der Waals surface area contributed by atoms with Crippen molar-refractivity contribution in [2.75, 3.05) is 23.3 Å². The van der Waals surface area contributed by atoms with Crippen molar-refractivity contribution in [1.29, 1.82) is 0 Å². The van der Waals surface area contributed by atoms with Crippen molar-refractivity contribution < 1.29 is 4.79 Å². The number of hydrogen-bond donors (Lipinski definition) is 1. The van der Waals surface area contributed by atoms with Crippen LogP contribution in [0.25, 0.3) is 9.53 Å². The molecule has 1 N–H and O–H groups in total. The van der Waals surface area contributed by atoms with E-state index < -0.39 is 0 Å². The van der Waals surface area contributed by atoms with Crippen molar-refractivity contribution >= 4 is 48.9 Å². The summed E-state index contributed by atoms with van der Waals surface area (Å²) >= 11 is 3.18. The lowest BCUT2D eigenvalue weighted by Gasteiger charge is -2.25. The summed E-state index contributed by atoms with van der Waals surface area (Å²) in [6.07, 6.45) is 4.82. The fourth-order valence-electron chi connectivity index (χ4n) is 3.07. The maximum Gasteiger partial charge on any atom is 0.265 e. The lowest BCUT2D eigenvalue weighted by Crippen LogP contribution is -2.29. The molecule has 0 aliphatic carbocycles. The number of carbonyl (C=O) groups is 1. The van der Waals surface area contributed by atoms with Gasteiger partial charge in [-0.2, -0.15) is 0 Å². The van der Waals surface area contributed by atoms with E-state index in [0.29, 0.717) is 0 Å². The number of nitrogens with zero attached hydrogens (tertiary/aromatic N) is 2. The highest BCUT2D eigenvalue weighted by molar-refractivity contribution is 7.29. The van der Waals surface area contributed by atoms with Crippen LogP contribution in [0.1, 0.15) is 41.4 Å². The van der Waals surface area contributed by atoms with Gasteiger partial charge in [-0.25, -0.2) is 4.98 Å². The zero-order valence-electron chi connectivity index (χ0n) is 14.2. The molecule has 0 bridgehead atoms. The van der Waals surface area contributed by atoms with Gasteiger partial charge in [0.1, 0.15) is 4.83 Å². The fourth-order valence-corrected chi connectivity index (χ4v) is 5.23. The number of nitrogens with one attached hydrogen (secondary N) is 1. The Morgan fingerprint density at radius 1 is 1.16 bits per heavy atom. The Morgan fingerprint density at radius 3 is 2.60 bits per heavy atom. The first-order valence-corrected chi connectivity index (χ1v) is 10.4. The van der Waals surface area contributed by atoms with E-state index in [1.165, 1.54) is 36.2 Å². The number of aryl methyl sites for hydroxylation is 1. The molecule has 1 fully saturated rings. The average Bonchev–Trinajstić information content (AvgIpc) is 3.22. The third-order valence-electron chi connectivity index (χ3n) is 4.55. The minimum absolute atomic E-state index is 0.0565. The van der Waals surface area contributed by atoms with Crippen LogP contribution < -0.4 is 10.2 Å². The Bertz CT molecular complexity index is 844. The Kier molecular flexibility index (Phi) is 4.72. The van der Waals surface area contributed by atoms with Crippen LogP contribution in [-0.2, 0) is 6.42 Å². The normalized spacial score (nSPS) is 14.8. The van der Waals surface area contributed by atoms with Crippen LogP contribution in [0.3, 0.4) is 0 Å². The molecule has 1 aliphatic rings. The van der Waals surface area contributed by atoms with Crippen molar-refractivity contribution in [1.82, 2.24) is 4.98 Å². The summed E-state index contributed by atoms with van der Waals surface area (Å²) in [4.78, 5) is 21.3. The largest absolute Gasteiger partial charge is 0.348 e. The number of thiazole rings is 1. The van der Waals surface area contributed by atoms with Crippen LogP contribution in [0.4, 0.5) is 10.8 Å². The topological polar surface area (TPSA) is 45.2 Å². The summed E-state index contributed by atoms with van der Waals surface area (Å²) in [6.45, 7) is 4.32. The second kappa shape index (κ2) is 7.14. The summed E-state index contributed by atoms with van der Waals surface area (Å²) in [5.74, 6) is -0.0565. The van der Waals surface area contributed by atoms with Crippen LogP contribution in [-0.4, -0.2) is 24.0 Å². The highest BCUT2D eigenvalue weighted by Gasteiger charge is 2.18. The summed E-state index contributed by atoms with van der Waals surface area (Å²) in [5.41, 5.74) is 2.10. The van der Waals surface area contributed by atoms with Gasteiger partial charge in [0.05, 0.1) is 9.58 Å². The number of aromatic nitrogens is 1. The second-order valence-corrected chi connectivity index (χ2v) is 8.37. The molecule has 1 saturated heterocycles. The first-order valence-electron chi connectivity index (χ1n) is 8.78. The minimum Gasteiger partial charge on any atom is -0.348 e. The number of carbonyl (C=O) groups excluding carboxylic acids is 1. The van der Waals surface area contributed by atoms with E-state index in [4.69, 9.17) is 4.98 Å². The molecule has 1 aromatic carbocycles. The van der Waals surface area contributed by atoms with Crippen molar-refractivity contribution in [2.45, 2.75) is 32.6 Å². The highest BCUT2D eigenvalue weighted by atomic mass is 32.1. The molecule has 3 aromatic rings. The second-order valence-electron chi connectivity index (χ2n) is 6.33. The predicted octanol–water partition coefficient (Wildman–Crippen LogP) is 5.16. The Hall–Kier alpha value is -1.92. The fraction of sp³-hybridized carbons (Fsp3) is 0.368. The van der Waals surface area contributed by atoms with Crippen molar-refractivity contribution in [3.63, 3.8) is 0 Å². The molecule has 0 spiro atoms. The first-order chi connectivity index (χ1) is 12.2. The standard InChI is InChI=1S/C19H21N3OS2/c1-2-13-6-8-14(9-7-13)20-17(23)15-12-16-18(24-15)21-19(25-16)22-10-4-3-5-11-22/h6-9,12H,2-5,10-11H2,1H3,(H,20,23). The average molecular weight is 372 g/mol. The van der Waals surface area contributed by atoms with Crippen LogP contribution in [0.2, 0.25) is 0 Å². The zero-order valence-corrected chi connectivity index (χ0v) is 15.9. The van der Waals surface area contributed by atoms with Gasteiger partial charge in [0, 0.05) is 18.8 Å². The molecule has 4 rings (SSSR count). The van der Waals surface area contributed by atoms with Crippen molar-refractivity contribution in [3.05, 3.63) is 40.8 Å². The molecule has 3 heterocycles. The van der Waals surface area contributed by atoms with Crippen molar-refractivity contribution in [3.8, 4) is 0 Å². The van der Waals surface area contributed by atoms with Gasteiger partial charge >= 0.3 is 0 Å². The number of amides is 1. The summed E-state index contributed by atoms with van der Waals surface area (Å²) in [7, 11) is 0. The molecular weight excluding hydrogens is 350 g/mol. The molecule has 2 aromatic heterocycles. The lowest BCUT2D eigenvalue weighted by molar-refractivity contribution is 0.103. The number of thiophene rings is 1. The van der Waals surface area contributed by atoms with Gasteiger partial charge in [0.2, 0.25) is 0 Å². The van der Waals surface area contributed by atoms with E-state index in [9.17, 15) is 4.79 Å². The Morgan fingerprint density at radius 2 is 1.92 bits per heavy atom. The van der Waals surface area contributed by atoms with E-state index in [1.54, 1.807) is 11.3 Å². The van der Waals surface area contributed by atoms with E-state index in [2.05, 4.69) is 29.3 Å². The smallest absolute Gasteiger partial charge is 0.265 e. The summed E-state index contributed by atoms with van der Waals surface area (Å²) < 4.78 is 1.11. The van der Waals surface area contributed by atoms with Crippen LogP contribution in [0.15, 0.2) is 30.3 Å². The molecule has 0 unspecified atom stereocenters. The molecule has 0 radical (unpaired) electrons. The van der Waals surface area contributed by atoms with E-state index >= 15 is 0 Å². The van der Waals surface area contributed by atoms with Crippen LogP contribution >= 0.6 is 22.7 Å². The number of benzene rings is 1. The molecular formula is C19H21N3OS2.